The Morgan fingerprint density at radius 1 is 1.10 bits per heavy atom. The zero-order chi connectivity index (χ0) is 22.0. The molecule has 7 nitrogen and oxygen atoms in total. The van der Waals surface area contributed by atoms with Crippen molar-refractivity contribution in [3.8, 4) is 11.1 Å². The molecule has 0 saturated heterocycles. The zero-order valence-electron chi connectivity index (χ0n) is 16.0. The molecule has 1 aromatic carbocycles. The Hall–Kier alpha value is -3.95. The number of carbonyl (C=O) groups is 1. The van der Waals surface area contributed by atoms with Crippen LogP contribution < -0.4 is 11.0 Å². The van der Waals surface area contributed by atoms with Crippen molar-refractivity contribution < 1.29 is 18.0 Å². The van der Waals surface area contributed by atoms with Gasteiger partial charge in [-0.15, -0.1) is 5.10 Å². The molecule has 0 aliphatic heterocycles. The van der Waals surface area contributed by atoms with Gasteiger partial charge < -0.3 is 5.32 Å². The molecule has 4 aromatic rings. The third-order valence-electron chi connectivity index (χ3n) is 4.61. The topological polar surface area (TPSA) is 81.3 Å². The van der Waals surface area contributed by atoms with Crippen LogP contribution in [0.2, 0.25) is 0 Å². The van der Waals surface area contributed by atoms with Gasteiger partial charge in [0.05, 0.1) is 17.8 Å². The Labute approximate surface area is 173 Å². The second kappa shape index (κ2) is 8.42. The minimum Gasteiger partial charge on any atom is -0.346 e. The summed E-state index contributed by atoms with van der Waals surface area (Å²) >= 11 is 0. The van der Waals surface area contributed by atoms with Crippen LogP contribution in [0, 0.1) is 5.82 Å². The van der Waals surface area contributed by atoms with Crippen LogP contribution in [0.25, 0.3) is 16.8 Å². The lowest BCUT2D eigenvalue weighted by molar-refractivity contribution is 0.0949. The van der Waals surface area contributed by atoms with Crippen molar-refractivity contribution in [1.29, 1.82) is 0 Å². The standard InChI is InChI=1S/C21H16F3N5O2/c22-15-6-3-13(4-7-15)16-2-1-9-25-17(16)10-26-20(30)14-5-8-19-27-29(12-18(23)24)21(31)28(19)11-14/h1-9,11,18H,10,12H2,(H,26,30). The lowest BCUT2D eigenvalue weighted by Gasteiger charge is -2.10. The monoisotopic (exact) mass is 427 g/mol. The van der Waals surface area contributed by atoms with Crippen LogP contribution in [0.3, 0.4) is 0 Å². The van der Waals surface area contributed by atoms with E-state index in [1.165, 1.54) is 30.5 Å². The minimum atomic E-state index is -2.72. The fourth-order valence-corrected chi connectivity index (χ4v) is 3.14. The van der Waals surface area contributed by atoms with Crippen LogP contribution in [0.1, 0.15) is 16.1 Å². The van der Waals surface area contributed by atoms with Gasteiger partial charge in [-0.3, -0.25) is 9.78 Å². The quantitative estimate of drug-likeness (QED) is 0.513. The van der Waals surface area contributed by atoms with Crippen molar-refractivity contribution in [2.45, 2.75) is 19.5 Å². The number of pyridine rings is 2. The van der Waals surface area contributed by atoms with Crippen LogP contribution in [-0.2, 0) is 13.1 Å². The molecule has 0 unspecified atom stereocenters. The van der Waals surface area contributed by atoms with E-state index >= 15 is 0 Å². The van der Waals surface area contributed by atoms with Gasteiger partial charge in [0.25, 0.3) is 12.3 Å². The Bertz CT molecular complexity index is 1300. The molecule has 31 heavy (non-hydrogen) atoms. The molecule has 1 N–H and O–H groups in total. The van der Waals surface area contributed by atoms with E-state index in [-0.39, 0.29) is 23.6 Å². The van der Waals surface area contributed by atoms with Gasteiger partial charge in [-0.2, -0.15) is 0 Å². The molecular formula is C21H16F3N5O2. The van der Waals surface area contributed by atoms with Gasteiger partial charge in [0.15, 0.2) is 5.65 Å². The van der Waals surface area contributed by atoms with Gasteiger partial charge in [0.1, 0.15) is 12.4 Å². The fourth-order valence-electron chi connectivity index (χ4n) is 3.14. The van der Waals surface area contributed by atoms with Gasteiger partial charge in [0, 0.05) is 18.0 Å². The molecule has 0 saturated carbocycles. The molecule has 4 rings (SSSR count). The van der Waals surface area contributed by atoms with Crippen LogP contribution in [0.5, 0.6) is 0 Å². The minimum absolute atomic E-state index is 0.0873. The number of hydrogen-bond acceptors (Lipinski definition) is 4. The molecule has 0 spiro atoms. The van der Waals surface area contributed by atoms with Crippen molar-refractivity contribution >= 4 is 11.6 Å². The maximum Gasteiger partial charge on any atom is 0.350 e. The average molecular weight is 427 g/mol. The summed E-state index contributed by atoms with van der Waals surface area (Å²) in [6.07, 6.45) is 0.109. The SMILES string of the molecule is O=C(NCc1ncccc1-c1ccc(F)cc1)c1ccc2nn(CC(F)F)c(=O)n2c1. The van der Waals surface area contributed by atoms with Crippen LogP contribution in [-0.4, -0.2) is 31.5 Å². The summed E-state index contributed by atoms with van der Waals surface area (Å²) in [7, 11) is 0. The summed E-state index contributed by atoms with van der Waals surface area (Å²) in [5, 5.41) is 6.54. The first-order chi connectivity index (χ1) is 14.9. The third kappa shape index (κ3) is 4.32. The highest BCUT2D eigenvalue weighted by atomic mass is 19.3. The van der Waals surface area contributed by atoms with Gasteiger partial charge >= 0.3 is 5.69 Å². The van der Waals surface area contributed by atoms with Crippen molar-refractivity contribution in [3.05, 3.63) is 88.5 Å². The zero-order valence-corrected chi connectivity index (χ0v) is 16.0. The van der Waals surface area contributed by atoms with E-state index in [4.69, 9.17) is 0 Å². The summed E-state index contributed by atoms with van der Waals surface area (Å²) in [4.78, 5) is 29.1. The number of aromatic nitrogens is 4. The molecule has 0 aliphatic carbocycles. The largest absolute Gasteiger partial charge is 0.350 e. The number of rotatable bonds is 6. The Morgan fingerprint density at radius 2 is 1.87 bits per heavy atom. The molecule has 3 heterocycles. The highest BCUT2D eigenvalue weighted by Gasteiger charge is 2.15. The number of halogens is 3. The van der Waals surface area contributed by atoms with Gasteiger partial charge in [0.2, 0.25) is 0 Å². The number of hydrogen-bond donors (Lipinski definition) is 1. The lowest BCUT2D eigenvalue weighted by Crippen LogP contribution is -2.26. The average Bonchev–Trinajstić information content (AvgIpc) is 3.07. The first-order valence-electron chi connectivity index (χ1n) is 9.28. The van der Waals surface area contributed by atoms with E-state index < -0.39 is 24.6 Å². The van der Waals surface area contributed by atoms with Crippen LogP contribution in [0.15, 0.2) is 65.7 Å². The van der Waals surface area contributed by atoms with Crippen molar-refractivity contribution in [2.75, 3.05) is 0 Å². The van der Waals surface area contributed by atoms with E-state index in [1.807, 2.05) is 6.07 Å². The number of benzene rings is 1. The van der Waals surface area contributed by atoms with Gasteiger partial charge in [-0.05, 0) is 35.9 Å². The summed E-state index contributed by atoms with van der Waals surface area (Å²) < 4.78 is 40.1. The molecule has 3 aromatic heterocycles. The first-order valence-corrected chi connectivity index (χ1v) is 9.28. The second-order valence-electron chi connectivity index (χ2n) is 6.69. The normalized spacial score (nSPS) is 11.2. The van der Waals surface area contributed by atoms with Gasteiger partial charge in [-0.1, -0.05) is 18.2 Å². The number of nitrogens with zero attached hydrogens (tertiary/aromatic N) is 4. The van der Waals surface area contributed by atoms with E-state index in [1.54, 1.807) is 24.4 Å². The predicted octanol–water partition coefficient (Wildman–Crippen LogP) is 2.89. The van der Waals surface area contributed by atoms with Gasteiger partial charge in [-0.25, -0.2) is 27.0 Å². The van der Waals surface area contributed by atoms with E-state index in [0.717, 1.165) is 15.5 Å². The Balaban J connectivity index is 1.54. The summed E-state index contributed by atoms with van der Waals surface area (Å²) in [6.45, 7) is -0.738. The Kier molecular flexibility index (Phi) is 5.52. The molecular weight excluding hydrogens is 411 g/mol. The highest BCUT2D eigenvalue weighted by Crippen LogP contribution is 2.22. The van der Waals surface area contributed by atoms with Crippen LogP contribution >= 0.6 is 0 Å². The van der Waals surface area contributed by atoms with Crippen molar-refractivity contribution in [3.63, 3.8) is 0 Å². The molecule has 158 valence electrons. The number of fused-ring (bicyclic) bond motifs is 1. The molecule has 1 amide bonds. The number of amides is 1. The second-order valence-corrected chi connectivity index (χ2v) is 6.69. The molecule has 0 aliphatic rings. The number of nitrogens with one attached hydrogen (secondary N) is 1. The molecule has 0 radical (unpaired) electrons. The summed E-state index contributed by atoms with van der Waals surface area (Å²) in [5.41, 5.74) is 1.62. The van der Waals surface area contributed by atoms with E-state index in [0.29, 0.717) is 10.4 Å². The first kappa shape index (κ1) is 20.3. The van der Waals surface area contributed by atoms with Crippen LogP contribution in [0.4, 0.5) is 13.2 Å². The number of alkyl halides is 2. The summed E-state index contributed by atoms with van der Waals surface area (Å²) in [6, 6.07) is 12.3. The molecule has 10 heteroatoms. The lowest BCUT2D eigenvalue weighted by atomic mass is 10.0. The Morgan fingerprint density at radius 3 is 2.61 bits per heavy atom. The maximum absolute atomic E-state index is 13.2. The number of carbonyl (C=O) groups excluding carboxylic acids is 1. The maximum atomic E-state index is 13.2. The van der Waals surface area contributed by atoms with Crippen molar-refractivity contribution in [2.24, 2.45) is 0 Å². The molecule has 0 atom stereocenters. The van der Waals surface area contributed by atoms with E-state index in [9.17, 15) is 22.8 Å². The highest BCUT2D eigenvalue weighted by molar-refractivity contribution is 5.94. The smallest absolute Gasteiger partial charge is 0.346 e. The predicted molar refractivity (Wildman–Crippen MR) is 106 cm³/mol. The summed E-state index contributed by atoms with van der Waals surface area (Å²) in [5.74, 6) is -0.837. The third-order valence-corrected chi connectivity index (χ3v) is 4.61. The molecule has 0 fully saturated rings. The fraction of sp³-hybridized carbons (Fsp3) is 0.143. The van der Waals surface area contributed by atoms with E-state index in [2.05, 4.69) is 15.4 Å². The van der Waals surface area contributed by atoms with Crippen molar-refractivity contribution in [1.82, 2.24) is 24.5 Å². The molecule has 0 bridgehead atoms.